The van der Waals surface area contributed by atoms with Crippen LogP contribution in [0.15, 0.2) is 34.0 Å². The fraction of sp³-hybridized carbons (Fsp3) is 0.400. The molecule has 96 valence electrons. The molecule has 1 aliphatic carbocycles. The van der Waals surface area contributed by atoms with Crippen molar-refractivity contribution in [1.82, 2.24) is 0 Å². The van der Waals surface area contributed by atoms with Gasteiger partial charge in [0.1, 0.15) is 5.76 Å². The van der Waals surface area contributed by atoms with E-state index in [-0.39, 0.29) is 0 Å². The first-order valence-electron chi connectivity index (χ1n) is 6.21. The summed E-state index contributed by atoms with van der Waals surface area (Å²) < 4.78 is 5.57. The van der Waals surface area contributed by atoms with Gasteiger partial charge in [0.05, 0.1) is 6.26 Å². The van der Waals surface area contributed by atoms with Crippen molar-refractivity contribution in [2.75, 3.05) is 0 Å². The third kappa shape index (κ3) is 2.73. The molecule has 0 saturated heterocycles. The molecule has 1 aliphatic rings. The normalized spacial score (nSPS) is 22.3. The number of carboxylic acids is 1. The van der Waals surface area contributed by atoms with Crippen LogP contribution >= 0.6 is 0 Å². The highest BCUT2D eigenvalue weighted by Crippen LogP contribution is 2.23. The van der Waals surface area contributed by atoms with Crippen LogP contribution in [0.2, 0.25) is 0 Å². The highest BCUT2D eigenvalue weighted by molar-refractivity contribution is 5.86. The molecule has 0 atom stereocenters. The molecule has 0 aliphatic heterocycles. The summed E-state index contributed by atoms with van der Waals surface area (Å²) in [6.45, 7) is 4.06. The Hall–Kier alpha value is -1.77. The molecule has 3 heteroatoms. The molecule has 1 N–H and O–H groups in total. The molecule has 0 spiro atoms. The molecule has 0 unspecified atom stereocenters. The van der Waals surface area contributed by atoms with Crippen molar-refractivity contribution < 1.29 is 14.3 Å². The van der Waals surface area contributed by atoms with Gasteiger partial charge in [0.25, 0.3) is 0 Å². The second-order valence-electron chi connectivity index (χ2n) is 4.83. The second kappa shape index (κ2) is 5.25. The number of aliphatic carboxylic acids is 1. The number of furan rings is 1. The number of carbonyl (C=O) groups is 1. The maximum atomic E-state index is 11.1. The lowest BCUT2D eigenvalue weighted by Gasteiger charge is -2.07. The monoisotopic (exact) mass is 246 g/mol. The predicted octanol–water partition coefficient (Wildman–Crippen LogP) is 3.42. The minimum atomic E-state index is -0.815. The van der Waals surface area contributed by atoms with Crippen molar-refractivity contribution in [3.8, 4) is 0 Å². The van der Waals surface area contributed by atoms with E-state index in [2.05, 4.69) is 13.0 Å². The topological polar surface area (TPSA) is 50.4 Å². The molecular weight excluding hydrogens is 228 g/mol. The van der Waals surface area contributed by atoms with Crippen LogP contribution in [-0.4, -0.2) is 11.1 Å². The lowest BCUT2D eigenvalue weighted by atomic mass is 9.98. The van der Waals surface area contributed by atoms with Gasteiger partial charge in [-0.15, -0.1) is 0 Å². The van der Waals surface area contributed by atoms with E-state index in [0.29, 0.717) is 18.4 Å². The zero-order valence-electron chi connectivity index (χ0n) is 10.8. The van der Waals surface area contributed by atoms with E-state index in [0.717, 1.165) is 29.7 Å². The molecule has 1 aromatic heterocycles. The SMILES string of the molecule is C/C1=C/CC/C(C(=O)O)=C\Cc2c(C)coc2C1. The Kier molecular flexibility index (Phi) is 3.70. The van der Waals surface area contributed by atoms with Crippen LogP contribution in [-0.2, 0) is 17.6 Å². The summed E-state index contributed by atoms with van der Waals surface area (Å²) in [5, 5.41) is 9.14. The van der Waals surface area contributed by atoms with Crippen LogP contribution in [0.4, 0.5) is 0 Å². The third-order valence-corrected chi connectivity index (χ3v) is 3.36. The smallest absolute Gasteiger partial charge is 0.331 e. The van der Waals surface area contributed by atoms with Crippen LogP contribution in [0, 0.1) is 6.92 Å². The number of allylic oxidation sites excluding steroid dienone is 3. The van der Waals surface area contributed by atoms with Crippen molar-refractivity contribution in [2.45, 2.75) is 39.5 Å². The number of hydrogen-bond acceptors (Lipinski definition) is 2. The van der Waals surface area contributed by atoms with E-state index in [1.165, 1.54) is 5.57 Å². The maximum absolute atomic E-state index is 11.1. The van der Waals surface area contributed by atoms with Gasteiger partial charge in [0, 0.05) is 17.6 Å². The van der Waals surface area contributed by atoms with E-state index in [4.69, 9.17) is 9.52 Å². The Morgan fingerprint density at radius 3 is 2.83 bits per heavy atom. The van der Waals surface area contributed by atoms with Crippen LogP contribution in [0.25, 0.3) is 0 Å². The first kappa shape index (κ1) is 12.7. The highest BCUT2D eigenvalue weighted by atomic mass is 16.4. The van der Waals surface area contributed by atoms with Gasteiger partial charge >= 0.3 is 5.97 Å². The van der Waals surface area contributed by atoms with Crippen LogP contribution in [0.1, 0.15) is 36.7 Å². The fourth-order valence-corrected chi connectivity index (χ4v) is 2.27. The average Bonchev–Trinajstić information content (AvgIpc) is 2.65. The number of hydrogen-bond donors (Lipinski definition) is 1. The van der Waals surface area contributed by atoms with Gasteiger partial charge in [0.15, 0.2) is 0 Å². The molecule has 1 heterocycles. The molecule has 3 nitrogen and oxygen atoms in total. The predicted molar refractivity (Wildman–Crippen MR) is 69.6 cm³/mol. The molecule has 0 bridgehead atoms. The van der Waals surface area contributed by atoms with Gasteiger partial charge in [-0.2, -0.15) is 0 Å². The Morgan fingerprint density at radius 1 is 1.33 bits per heavy atom. The first-order valence-corrected chi connectivity index (χ1v) is 6.21. The molecule has 18 heavy (non-hydrogen) atoms. The van der Waals surface area contributed by atoms with Crippen LogP contribution in [0.3, 0.4) is 0 Å². The minimum absolute atomic E-state index is 0.493. The number of aryl methyl sites for hydroxylation is 1. The zero-order chi connectivity index (χ0) is 13.1. The maximum Gasteiger partial charge on any atom is 0.331 e. The first-order chi connectivity index (χ1) is 8.58. The summed E-state index contributed by atoms with van der Waals surface area (Å²) in [6.07, 6.45) is 8.51. The van der Waals surface area contributed by atoms with Crippen LogP contribution < -0.4 is 0 Å². The van der Waals surface area contributed by atoms with Gasteiger partial charge < -0.3 is 9.52 Å². The molecular formula is C15H18O3. The summed E-state index contributed by atoms with van der Waals surface area (Å²) in [6, 6.07) is 0. The summed E-state index contributed by atoms with van der Waals surface area (Å²) in [7, 11) is 0. The fourth-order valence-electron chi connectivity index (χ4n) is 2.27. The Balaban J connectivity index is 2.38. The number of rotatable bonds is 1. The van der Waals surface area contributed by atoms with Crippen molar-refractivity contribution in [3.63, 3.8) is 0 Å². The molecule has 0 aromatic carbocycles. The average molecular weight is 246 g/mol. The minimum Gasteiger partial charge on any atom is -0.478 e. The van der Waals surface area contributed by atoms with Crippen molar-refractivity contribution in [2.24, 2.45) is 0 Å². The molecule has 1 aromatic rings. The van der Waals surface area contributed by atoms with Gasteiger partial charge in [-0.05, 0) is 38.7 Å². The van der Waals surface area contributed by atoms with Crippen molar-refractivity contribution in [3.05, 3.63) is 46.4 Å². The van der Waals surface area contributed by atoms with Crippen molar-refractivity contribution in [1.29, 1.82) is 0 Å². The van der Waals surface area contributed by atoms with Gasteiger partial charge in [-0.25, -0.2) is 4.79 Å². The van der Waals surface area contributed by atoms with E-state index in [1.807, 2.05) is 13.0 Å². The Labute approximate surface area is 107 Å². The molecule has 2 rings (SSSR count). The highest BCUT2D eigenvalue weighted by Gasteiger charge is 2.14. The molecule has 0 amide bonds. The second-order valence-corrected chi connectivity index (χ2v) is 4.83. The zero-order valence-corrected chi connectivity index (χ0v) is 10.8. The van der Waals surface area contributed by atoms with Gasteiger partial charge in [0.2, 0.25) is 0 Å². The standard InChI is InChI=1S/C15H18O3/c1-10-4-3-5-12(15(16)17)6-7-13-11(2)9-18-14(13)8-10/h4,6,9H,3,5,7-8H2,1-2H3,(H,16,17)/b10-4-,12-6+. The summed E-state index contributed by atoms with van der Waals surface area (Å²) in [5.41, 5.74) is 3.95. The molecule has 0 saturated carbocycles. The van der Waals surface area contributed by atoms with E-state index >= 15 is 0 Å². The number of carboxylic acid groups (broad SMARTS) is 1. The largest absolute Gasteiger partial charge is 0.478 e. The lowest BCUT2D eigenvalue weighted by Crippen LogP contribution is -2.03. The Morgan fingerprint density at radius 2 is 2.11 bits per heavy atom. The van der Waals surface area contributed by atoms with Crippen LogP contribution in [0.5, 0.6) is 0 Å². The number of fused-ring (bicyclic) bond motifs is 1. The van der Waals surface area contributed by atoms with Gasteiger partial charge in [-0.1, -0.05) is 17.7 Å². The summed E-state index contributed by atoms with van der Waals surface area (Å²) in [4.78, 5) is 11.1. The van der Waals surface area contributed by atoms with E-state index < -0.39 is 5.97 Å². The lowest BCUT2D eigenvalue weighted by molar-refractivity contribution is -0.132. The molecule has 0 fully saturated rings. The third-order valence-electron chi connectivity index (χ3n) is 3.36. The van der Waals surface area contributed by atoms with Crippen molar-refractivity contribution >= 4 is 5.97 Å². The summed E-state index contributed by atoms with van der Waals surface area (Å²) in [5.74, 6) is 0.147. The summed E-state index contributed by atoms with van der Waals surface area (Å²) >= 11 is 0. The van der Waals surface area contributed by atoms with Gasteiger partial charge in [-0.3, -0.25) is 0 Å². The Bertz CT molecular complexity index is 518. The molecule has 0 radical (unpaired) electrons. The quantitative estimate of drug-likeness (QED) is 0.772. The van der Waals surface area contributed by atoms with E-state index in [1.54, 1.807) is 6.26 Å². The van der Waals surface area contributed by atoms with E-state index in [9.17, 15) is 4.79 Å².